The van der Waals surface area contributed by atoms with Crippen LogP contribution in [0.3, 0.4) is 0 Å². The molecular formula is C17H18N4O2. The van der Waals surface area contributed by atoms with Crippen LogP contribution in [0.4, 0.5) is 5.82 Å². The highest BCUT2D eigenvalue weighted by Gasteiger charge is 2.21. The molecule has 0 unspecified atom stereocenters. The SMILES string of the molecule is Nc1ncnc2c1c1cc(C3CCCC3)ccc1n2CC(=O)O. The molecule has 118 valence electrons. The van der Waals surface area contributed by atoms with Crippen LogP contribution in [0.25, 0.3) is 21.9 Å². The van der Waals surface area contributed by atoms with Gasteiger partial charge in [0.25, 0.3) is 0 Å². The Kier molecular flexibility index (Phi) is 3.18. The summed E-state index contributed by atoms with van der Waals surface area (Å²) in [5.74, 6) is 0.0803. The van der Waals surface area contributed by atoms with Gasteiger partial charge in [0.15, 0.2) is 0 Å². The van der Waals surface area contributed by atoms with E-state index in [1.54, 1.807) is 4.57 Å². The fourth-order valence-corrected chi connectivity index (χ4v) is 3.76. The Labute approximate surface area is 132 Å². The fraction of sp³-hybridized carbons (Fsp3) is 0.353. The number of carboxylic acid groups (broad SMARTS) is 1. The third kappa shape index (κ3) is 2.21. The summed E-state index contributed by atoms with van der Waals surface area (Å²) in [6.45, 7) is -0.140. The number of nitrogens with two attached hydrogens (primary N) is 1. The Morgan fingerprint density at radius 1 is 1.30 bits per heavy atom. The van der Waals surface area contributed by atoms with Crippen LogP contribution in [-0.2, 0) is 11.3 Å². The number of rotatable bonds is 3. The number of benzene rings is 1. The summed E-state index contributed by atoms with van der Waals surface area (Å²) < 4.78 is 1.70. The molecule has 2 aromatic heterocycles. The first-order valence-corrected chi connectivity index (χ1v) is 7.89. The quantitative estimate of drug-likeness (QED) is 0.775. The Hall–Kier alpha value is -2.63. The summed E-state index contributed by atoms with van der Waals surface area (Å²) in [7, 11) is 0. The van der Waals surface area contributed by atoms with E-state index >= 15 is 0 Å². The summed E-state index contributed by atoms with van der Waals surface area (Å²) in [5.41, 5.74) is 8.78. The number of nitrogens with zero attached hydrogens (tertiary/aromatic N) is 3. The van der Waals surface area contributed by atoms with Gasteiger partial charge in [-0.25, -0.2) is 9.97 Å². The van der Waals surface area contributed by atoms with Gasteiger partial charge in [-0.15, -0.1) is 0 Å². The average Bonchev–Trinajstić information content (AvgIpc) is 3.15. The van der Waals surface area contributed by atoms with Crippen LogP contribution in [-0.4, -0.2) is 25.6 Å². The van der Waals surface area contributed by atoms with Crippen molar-refractivity contribution in [2.75, 3.05) is 5.73 Å². The van der Waals surface area contributed by atoms with Gasteiger partial charge in [-0.2, -0.15) is 0 Å². The van der Waals surface area contributed by atoms with Gasteiger partial charge in [0.05, 0.1) is 10.9 Å². The molecule has 0 spiro atoms. The number of carboxylic acids is 1. The Bertz CT molecular complexity index is 910. The van der Waals surface area contributed by atoms with Crippen LogP contribution in [0.5, 0.6) is 0 Å². The number of carbonyl (C=O) groups is 1. The lowest BCUT2D eigenvalue weighted by atomic mass is 9.96. The van der Waals surface area contributed by atoms with E-state index in [-0.39, 0.29) is 6.54 Å². The van der Waals surface area contributed by atoms with Crippen molar-refractivity contribution < 1.29 is 9.90 Å². The van der Waals surface area contributed by atoms with Crippen LogP contribution >= 0.6 is 0 Å². The normalized spacial score (nSPS) is 15.7. The van der Waals surface area contributed by atoms with Gasteiger partial charge >= 0.3 is 5.97 Å². The molecule has 1 saturated carbocycles. The first-order valence-electron chi connectivity index (χ1n) is 7.89. The Morgan fingerprint density at radius 3 is 2.83 bits per heavy atom. The van der Waals surface area contributed by atoms with Crippen LogP contribution in [0, 0.1) is 0 Å². The third-order valence-corrected chi connectivity index (χ3v) is 4.81. The number of hydrogen-bond acceptors (Lipinski definition) is 4. The summed E-state index contributed by atoms with van der Waals surface area (Å²) in [6, 6.07) is 6.25. The zero-order chi connectivity index (χ0) is 16.0. The Balaban J connectivity index is 2.00. The second-order valence-corrected chi connectivity index (χ2v) is 6.20. The smallest absolute Gasteiger partial charge is 0.323 e. The summed E-state index contributed by atoms with van der Waals surface area (Å²) in [5, 5.41) is 10.9. The molecule has 3 N–H and O–H groups in total. The second kappa shape index (κ2) is 5.22. The van der Waals surface area contributed by atoms with Gasteiger partial charge in [0.2, 0.25) is 0 Å². The molecule has 0 amide bonds. The molecule has 1 aliphatic rings. The largest absolute Gasteiger partial charge is 0.480 e. The predicted molar refractivity (Wildman–Crippen MR) is 88.3 cm³/mol. The van der Waals surface area contributed by atoms with E-state index in [0.717, 1.165) is 16.3 Å². The van der Waals surface area contributed by atoms with Gasteiger partial charge < -0.3 is 15.4 Å². The molecule has 3 aromatic rings. The van der Waals surface area contributed by atoms with Crippen LogP contribution in [0.1, 0.15) is 37.2 Å². The maximum Gasteiger partial charge on any atom is 0.323 e. The van der Waals surface area contributed by atoms with E-state index in [9.17, 15) is 9.90 Å². The minimum Gasteiger partial charge on any atom is -0.480 e. The fourth-order valence-electron chi connectivity index (χ4n) is 3.76. The molecule has 2 heterocycles. The van der Waals surface area contributed by atoms with Gasteiger partial charge in [-0.1, -0.05) is 18.9 Å². The lowest BCUT2D eigenvalue weighted by Gasteiger charge is -2.10. The van der Waals surface area contributed by atoms with Crippen LogP contribution in [0.2, 0.25) is 0 Å². The van der Waals surface area contributed by atoms with Crippen LogP contribution < -0.4 is 5.73 Å². The lowest BCUT2D eigenvalue weighted by Crippen LogP contribution is -2.09. The molecule has 6 nitrogen and oxygen atoms in total. The maximum atomic E-state index is 11.2. The molecule has 0 radical (unpaired) electrons. The van der Waals surface area contributed by atoms with E-state index in [4.69, 9.17) is 5.73 Å². The number of aliphatic carboxylic acids is 1. The molecular weight excluding hydrogens is 292 g/mol. The van der Waals surface area contributed by atoms with E-state index in [1.165, 1.54) is 37.6 Å². The first kappa shape index (κ1) is 14.0. The van der Waals surface area contributed by atoms with Gasteiger partial charge in [-0.3, -0.25) is 4.79 Å². The predicted octanol–water partition coefficient (Wildman–Crippen LogP) is 2.91. The van der Waals surface area contributed by atoms with Crippen molar-refractivity contribution >= 4 is 33.7 Å². The van der Waals surface area contributed by atoms with Crippen molar-refractivity contribution in [2.24, 2.45) is 0 Å². The van der Waals surface area contributed by atoms with E-state index < -0.39 is 5.97 Å². The molecule has 1 aromatic carbocycles. The minimum atomic E-state index is -0.902. The summed E-state index contributed by atoms with van der Waals surface area (Å²) in [4.78, 5) is 19.6. The van der Waals surface area contributed by atoms with E-state index in [0.29, 0.717) is 17.4 Å². The average molecular weight is 310 g/mol. The van der Waals surface area contributed by atoms with Gasteiger partial charge in [0.1, 0.15) is 24.3 Å². The molecule has 1 aliphatic carbocycles. The Morgan fingerprint density at radius 2 is 2.09 bits per heavy atom. The lowest BCUT2D eigenvalue weighted by molar-refractivity contribution is -0.137. The van der Waals surface area contributed by atoms with Crippen molar-refractivity contribution in [3.8, 4) is 0 Å². The van der Waals surface area contributed by atoms with Gasteiger partial charge in [0, 0.05) is 5.39 Å². The van der Waals surface area contributed by atoms with Crippen molar-refractivity contribution in [2.45, 2.75) is 38.1 Å². The van der Waals surface area contributed by atoms with Crippen molar-refractivity contribution in [1.82, 2.24) is 14.5 Å². The van der Waals surface area contributed by atoms with Crippen molar-refractivity contribution in [3.05, 3.63) is 30.1 Å². The molecule has 1 fully saturated rings. The van der Waals surface area contributed by atoms with Gasteiger partial charge in [-0.05, 0) is 36.5 Å². The monoisotopic (exact) mass is 310 g/mol. The standard InChI is InChI=1S/C17H18N4O2/c18-16-15-12-7-11(10-3-1-2-4-10)5-6-13(12)21(8-14(22)23)17(15)20-9-19-16/h5-7,9-10H,1-4,8H2,(H,22,23)(H2,18,19,20). The molecule has 4 rings (SSSR count). The number of nitrogen functional groups attached to an aromatic ring is 1. The number of hydrogen-bond donors (Lipinski definition) is 2. The van der Waals surface area contributed by atoms with Crippen LogP contribution in [0.15, 0.2) is 24.5 Å². The van der Waals surface area contributed by atoms with E-state index in [2.05, 4.69) is 22.1 Å². The molecule has 0 bridgehead atoms. The van der Waals surface area contributed by atoms with Crippen molar-refractivity contribution in [1.29, 1.82) is 0 Å². The second-order valence-electron chi connectivity index (χ2n) is 6.20. The maximum absolute atomic E-state index is 11.2. The number of fused-ring (bicyclic) bond motifs is 3. The topological polar surface area (TPSA) is 94.0 Å². The number of anilines is 1. The van der Waals surface area contributed by atoms with Crippen molar-refractivity contribution in [3.63, 3.8) is 0 Å². The number of aromatic nitrogens is 3. The highest BCUT2D eigenvalue weighted by molar-refractivity contribution is 6.11. The molecule has 23 heavy (non-hydrogen) atoms. The first-order chi connectivity index (χ1) is 11.1. The highest BCUT2D eigenvalue weighted by Crippen LogP contribution is 2.38. The third-order valence-electron chi connectivity index (χ3n) is 4.81. The van der Waals surface area contributed by atoms with E-state index in [1.807, 2.05) is 6.07 Å². The molecule has 0 aliphatic heterocycles. The molecule has 6 heteroatoms. The molecule has 0 saturated heterocycles. The zero-order valence-electron chi connectivity index (χ0n) is 12.7. The molecule has 0 atom stereocenters. The zero-order valence-corrected chi connectivity index (χ0v) is 12.7. The summed E-state index contributed by atoms with van der Waals surface area (Å²) in [6.07, 6.45) is 6.35. The minimum absolute atomic E-state index is 0.140. The summed E-state index contributed by atoms with van der Waals surface area (Å²) >= 11 is 0. The highest BCUT2D eigenvalue weighted by atomic mass is 16.4.